The van der Waals surface area contributed by atoms with Gasteiger partial charge in [-0.3, -0.25) is 9.59 Å². The second kappa shape index (κ2) is 6.50. The molecule has 0 aliphatic carbocycles. The first kappa shape index (κ1) is 15.4. The number of esters is 1. The number of ether oxygens (including phenoxy) is 1. The smallest absolute Gasteiger partial charge is 0.317 e. The van der Waals surface area contributed by atoms with Crippen molar-refractivity contribution in [3.8, 4) is 0 Å². The molecule has 1 atom stereocenters. The van der Waals surface area contributed by atoms with Gasteiger partial charge in [0.15, 0.2) is 0 Å². The molecule has 0 heterocycles. The monoisotopic (exact) mass is 262 g/mol. The fraction of sp³-hybridized carbons (Fsp3) is 0.500. The highest BCUT2D eigenvalue weighted by Gasteiger charge is 2.30. The van der Waals surface area contributed by atoms with Crippen molar-refractivity contribution in [2.24, 2.45) is 5.92 Å². The van der Waals surface area contributed by atoms with Crippen molar-refractivity contribution in [2.75, 3.05) is 0 Å². The van der Waals surface area contributed by atoms with Crippen LogP contribution in [0.15, 0.2) is 30.3 Å². The fourth-order valence-corrected chi connectivity index (χ4v) is 1.80. The predicted octanol–water partition coefficient (Wildman–Crippen LogP) is 3.17. The SMILES string of the molecule is CCC(=O)[C@@H](Cc1ccccc1)C(=O)OC(C)(C)C. The van der Waals surface area contributed by atoms with Gasteiger partial charge in [-0.25, -0.2) is 0 Å². The number of carbonyl (C=O) groups is 2. The van der Waals surface area contributed by atoms with E-state index in [1.54, 1.807) is 27.7 Å². The number of Topliss-reactive ketones (excluding diaryl/α,β-unsaturated/α-hetero) is 1. The molecule has 1 aromatic rings. The number of benzene rings is 1. The number of ketones is 1. The summed E-state index contributed by atoms with van der Waals surface area (Å²) >= 11 is 0. The van der Waals surface area contributed by atoms with Crippen molar-refractivity contribution in [1.82, 2.24) is 0 Å². The topological polar surface area (TPSA) is 43.4 Å². The van der Waals surface area contributed by atoms with E-state index in [-0.39, 0.29) is 5.78 Å². The average molecular weight is 262 g/mol. The van der Waals surface area contributed by atoms with Gasteiger partial charge < -0.3 is 4.74 Å². The van der Waals surface area contributed by atoms with Gasteiger partial charge in [-0.05, 0) is 32.8 Å². The van der Waals surface area contributed by atoms with E-state index in [0.29, 0.717) is 12.8 Å². The Morgan fingerprint density at radius 1 is 1.16 bits per heavy atom. The van der Waals surface area contributed by atoms with E-state index in [0.717, 1.165) is 5.56 Å². The number of hydrogen-bond donors (Lipinski definition) is 0. The molecule has 0 aliphatic heterocycles. The molecular weight excluding hydrogens is 240 g/mol. The van der Waals surface area contributed by atoms with Gasteiger partial charge in [0.2, 0.25) is 0 Å². The second-order valence-corrected chi connectivity index (χ2v) is 5.60. The highest BCUT2D eigenvalue weighted by atomic mass is 16.6. The van der Waals surface area contributed by atoms with Crippen LogP contribution in [-0.2, 0) is 20.7 Å². The first-order valence-corrected chi connectivity index (χ1v) is 6.63. The molecule has 0 aromatic heterocycles. The highest BCUT2D eigenvalue weighted by Crippen LogP contribution is 2.17. The van der Waals surface area contributed by atoms with Crippen LogP contribution in [0.4, 0.5) is 0 Å². The van der Waals surface area contributed by atoms with Crippen molar-refractivity contribution < 1.29 is 14.3 Å². The lowest BCUT2D eigenvalue weighted by Crippen LogP contribution is -2.33. The maximum Gasteiger partial charge on any atom is 0.317 e. The van der Waals surface area contributed by atoms with Crippen LogP contribution >= 0.6 is 0 Å². The molecule has 0 unspecified atom stereocenters. The largest absolute Gasteiger partial charge is 0.459 e. The quantitative estimate of drug-likeness (QED) is 0.604. The molecule has 1 aromatic carbocycles. The van der Waals surface area contributed by atoms with Crippen LogP contribution in [0, 0.1) is 5.92 Å². The zero-order valence-electron chi connectivity index (χ0n) is 12.1. The molecule has 0 bridgehead atoms. The van der Waals surface area contributed by atoms with Gasteiger partial charge in [0.25, 0.3) is 0 Å². The van der Waals surface area contributed by atoms with Crippen molar-refractivity contribution in [2.45, 2.75) is 46.1 Å². The first-order chi connectivity index (χ1) is 8.83. The summed E-state index contributed by atoms with van der Waals surface area (Å²) in [5.74, 6) is -1.20. The molecule has 0 fully saturated rings. The molecule has 0 amide bonds. The minimum Gasteiger partial charge on any atom is -0.459 e. The molecule has 19 heavy (non-hydrogen) atoms. The summed E-state index contributed by atoms with van der Waals surface area (Å²) in [4.78, 5) is 24.1. The fourth-order valence-electron chi connectivity index (χ4n) is 1.80. The van der Waals surface area contributed by atoms with Crippen LogP contribution in [0.1, 0.15) is 39.7 Å². The summed E-state index contributed by atoms with van der Waals surface area (Å²) in [6.07, 6.45) is 0.749. The Labute approximate surface area is 115 Å². The van der Waals surface area contributed by atoms with E-state index in [4.69, 9.17) is 4.74 Å². The van der Waals surface area contributed by atoms with E-state index < -0.39 is 17.5 Å². The molecule has 1 rings (SSSR count). The lowest BCUT2D eigenvalue weighted by atomic mass is 9.93. The van der Waals surface area contributed by atoms with Crippen molar-refractivity contribution in [1.29, 1.82) is 0 Å². The Bertz CT molecular complexity index is 429. The minimum atomic E-state index is -0.702. The zero-order chi connectivity index (χ0) is 14.5. The Hall–Kier alpha value is -1.64. The van der Waals surface area contributed by atoms with Crippen LogP contribution in [0.2, 0.25) is 0 Å². The maximum atomic E-state index is 12.1. The lowest BCUT2D eigenvalue weighted by molar-refractivity contribution is -0.162. The van der Waals surface area contributed by atoms with Gasteiger partial charge in [-0.2, -0.15) is 0 Å². The molecule has 0 aliphatic rings. The standard InChI is InChI=1S/C16H22O3/c1-5-14(17)13(15(18)19-16(2,3)4)11-12-9-7-6-8-10-12/h6-10,13H,5,11H2,1-4H3/t13-/m1/s1. The third kappa shape index (κ3) is 5.25. The third-order valence-corrected chi connectivity index (χ3v) is 2.71. The number of hydrogen-bond acceptors (Lipinski definition) is 3. The second-order valence-electron chi connectivity index (χ2n) is 5.60. The maximum absolute atomic E-state index is 12.1. The van der Waals surface area contributed by atoms with E-state index in [1.807, 2.05) is 30.3 Å². The van der Waals surface area contributed by atoms with Gasteiger partial charge >= 0.3 is 5.97 Å². The van der Waals surface area contributed by atoms with E-state index in [2.05, 4.69) is 0 Å². The summed E-state index contributed by atoms with van der Waals surface area (Å²) in [5.41, 5.74) is 0.403. The van der Waals surface area contributed by atoms with Crippen LogP contribution in [0.25, 0.3) is 0 Å². The van der Waals surface area contributed by atoms with Gasteiger partial charge in [0.05, 0.1) is 0 Å². The van der Waals surface area contributed by atoms with Crippen LogP contribution in [0.3, 0.4) is 0 Å². The highest BCUT2D eigenvalue weighted by molar-refractivity contribution is 5.99. The molecule has 0 saturated heterocycles. The summed E-state index contributed by atoms with van der Waals surface area (Å²) in [7, 11) is 0. The Balaban J connectivity index is 2.84. The molecule has 3 heteroatoms. The molecule has 3 nitrogen and oxygen atoms in total. The van der Waals surface area contributed by atoms with Crippen molar-refractivity contribution in [3.63, 3.8) is 0 Å². The molecule has 0 spiro atoms. The molecule has 104 valence electrons. The Morgan fingerprint density at radius 2 is 1.74 bits per heavy atom. The van der Waals surface area contributed by atoms with Gasteiger partial charge in [-0.1, -0.05) is 37.3 Å². The first-order valence-electron chi connectivity index (χ1n) is 6.63. The average Bonchev–Trinajstić information content (AvgIpc) is 2.34. The predicted molar refractivity (Wildman–Crippen MR) is 74.8 cm³/mol. The van der Waals surface area contributed by atoms with E-state index >= 15 is 0 Å². The van der Waals surface area contributed by atoms with Crippen molar-refractivity contribution in [3.05, 3.63) is 35.9 Å². The van der Waals surface area contributed by atoms with Gasteiger partial charge in [0, 0.05) is 6.42 Å². The minimum absolute atomic E-state index is 0.0712. The van der Waals surface area contributed by atoms with E-state index in [1.165, 1.54) is 0 Å². The molecular formula is C16H22O3. The summed E-state index contributed by atoms with van der Waals surface area (Å²) in [6.45, 7) is 7.19. The van der Waals surface area contributed by atoms with Gasteiger partial charge in [-0.15, -0.1) is 0 Å². The van der Waals surface area contributed by atoms with Crippen LogP contribution in [-0.4, -0.2) is 17.4 Å². The normalized spacial score (nSPS) is 12.8. The Kier molecular flexibility index (Phi) is 5.28. The van der Waals surface area contributed by atoms with Crippen molar-refractivity contribution >= 4 is 11.8 Å². The summed E-state index contributed by atoms with van der Waals surface area (Å²) in [6, 6.07) is 9.55. The Morgan fingerprint density at radius 3 is 2.21 bits per heavy atom. The third-order valence-electron chi connectivity index (χ3n) is 2.71. The van der Waals surface area contributed by atoms with Crippen LogP contribution in [0.5, 0.6) is 0 Å². The van der Waals surface area contributed by atoms with Crippen LogP contribution < -0.4 is 0 Å². The zero-order valence-corrected chi connectivity index (χ0v) is 12.1. The molecule has 0 radical (unpaired) electrons. The summed E-state index contributed by atoms with van der Waals surface area (Å²) in [5, 5.41) is 0. The van der Waals surface area contributed by atoms with E-state index in [9.17, 15) is 9.59 Å². The lowest BCUT2D eigenvalue weighted by Gasteiger charge is -2.23. The molecule has 0 saturated carbocycles. The molecule has 0 N–H and O–H groups in total. The summed E-state index contributed by atoms with van der Waals surface area (Å²) < 4.78 is 5.34. The van der Waals surface area contributed by atoms with Gasteiger partial charge in [0.1, 0.15) is 17.3 Å². The number of rotatable bonds is 5. The number of carbonyl (C=O) groups excluding carboxylic acids is 2.